The van der Waals surface area contributed by atoms with Crippen LogP contribution in [0.1, 0.15) is 23.7 Å². The van der Waals surface area contributed by atoms with E-state index in [0.29, 0.717) is 22.7 Å². The van der Waals surface area contributed by atoms with Gasteiger partial charge >= 0.3 is 5.97 Å². The molecule has 0 saturated heterocycles. The number of carboxylic acid groups (broad SMARTS) is 1. The van der Waals surface area contributed by atoms with Gasteiger partial charge in [-0.3, -0.25) is 0 Å². The number of carbonyl (C=O) groups is 1. The highest BCUT2D eigenvalue weighted by Gasteiger charge is 2.33. The van der Waals surface area contributed by atoms with Crippen molar-refractivity contribution in [2.45, 2.75) is 19.4 Å². The minimum Gasteiger partial charge on any atom is -0.478 e. The summed E-state index contributed by atoms with van der Waals surface area (Å²) in [6.45, 7) is 2.13. The highest BCUT2D eigenvalue weighted by atomic mass is 35.5. The largest absolute Gasteiger partial charge is 0.478 e. The standard InChI is InChI=1S/C11H12ClNO2/c1-6-4-9(6)13-10-5-7(12)2-3-8(10)11(14)15/h2-3,5-6,9,13H,4H2,1H3,(H,14,15). The molecule has 2 N–H and O–H groups in total. The van der Waals surface area contributed by atoms with Crippen molar-refractivity contribution in [3.05, 3.63) is 28.8 Å². The van der Waals surface area contributed by atoms with Gasteiger partial charge in [-0.1, -0.05) is 18.5 Å². The number of aromatic carboxylic acids is 1. The Kier molecular flexibility index (Phi) is 2.57. The summed E-state index contributed by atoms with van der Waals surface area (Å²) in [5.41, 5.74) is 0.892. The fraction of sp³-hybridized carbons (Fsp3) is 0.364. The molecule has 0 bridgehead atoms. The minimum atomic E-state index is -0.928. The summed E-state index contributed by atoms with van der Waals surface area (Å²) in [6, 6.07) is 5.17. The molecule has 2 unspecified atom stereocenters. The van der Waals surface area contributed by atoms with Crippen LogP contribution in [0.3, 0.4) is 0 Å². The lowest BCUT2D eigenvalue weighted by Crippen LogP contribution is -2.09. The molecule has 0 aliphatic heterocycles. The second-order valence-corrected chi connectivity index (χ2v) is 4.40. The lowest BCUT2D eigenvalue weighted by Gasteiger charge is -2.09. The molecule has 0 amide bonds. The Hall–Kier alpha value is -1.22. The first-order valence-corrected chi connectivity index (χ1v) is 5.25. The Morgan fingerprint density at radius 3 is 2.80 bits per heavy atom. The molecule has 2 rings (SSSR count). The molecule has 1 aromatic carbocycles. The van der Waals surface area contributed by atoms with E-state index in [4.69, 9.17) is 16.7 Å². The van der Waals surface area contributed by atoms with Gasteiger partial charge in [0, 0.05) is 11.1 Å². The summed E-state index contributed by atoms with van der Waals surface area (Å²) in [6.07, 6.45) is 1.09. The average Bonchev–Trinajstić information content (AvgIpc) is 2.81. The highest BCUT2D eigenvalue weighted by molar-refractivity contribution is 6.31. The smallest absolute Gasteiger partial charge is 0.337 e. The third kappa shape index (κ3) is 2.23. The zero-order chi connectivity index (χ0) is 11.0. The number of anilines is 1. The quantitative estimate of drug-likeness (QED) is 0.832. The molecule has 1 aliphatic carbocycles. The van der Waals surface area contributed by atoms with Crippen LogP contribution < -0.4 is 5.32 Å². The first-order valence-electron chi connectivity index (χ1n) is 4.87. The van der Waals surface area contributed by atoms with Crippen LogP contribution in [0.5, 0.6) is 0 Å². The molecule has 0 radical (unpaired) electrons. The zero-order valence-corrected chi connectivity index (χ0v) is 9.08. The lowest BCUT2D eigenvalue weighted by atomic mass is 10.2. The maximum absolute atomic E-state index is 10.9. The van der Waals surface area contributed by atoms with Crippen LogP contribution in [-0.2, 0) is 0 Å². The summed E-state index contributed by atoms with van der Waals surface area (Å²) in [4.78, 5) is 10.9. The molecule has 0 spiro atoms. The van der Waals surface area contributed by atoms with Crippen LogP contribution in [0.2, 0.25) is 5.02 Å². The molecule has 0 aromatic heterocycles. The van der Waals surface area contributed by atoms with Crippen LogP contribution >= 0.6 is 11.6 Å². The SMILES string of the molecule is CC1CC1Nc1cc(Cl)ccc1C(=O)O. The molecule has 80 valence electrons. The topological polar surface area (TPSA) is 49.3 Å². The number of nitrogens with one attached hydrogen (secondary N) is 1. The zero-order valence-electron chi connectivity index (χ0n) is 8.33. The number of hydrogen-bond acceptors (Lipinski definition) is 2. The summed E-state index contributed by atoms with van der Waals surface area (Å²) < 4.78 is 0. The van der Waals surface area contributed by atoms with E-state index in [2.05, 4.69) is 12.2 Å². The molecule has 1 aromatic rings. The maximum atomic E-state index is 10.9. The van der Waals surface area contributed by atoms with Crippen molar-refractivity contribution in [2.75, 3.05) is 5.32 Å². The van der Waals surface area contributed by atoms with E-state index >= 15 is 0 Å². The molecule has 0 heterocycles. The van der Waals surface area contributed by atoms with E-state index in [9.17, 15) is 4.79 Å². The molecule has 2 atom stereocenters. The lowest BCUT2D eigenvalue weighted by molar-refractivity contribution is 0.0698. The van der Waals surface area contributed by atoms with Gasteiger partial charge in [0.1, 0.15) is 0 Å². The average molecular weight is 226 g/mol. The van der Waals surface area contributed by atoms with Gasteiger partial charge in [-0.05, 0) is 30.5 Å². The first-order chi connectivity index (χ1) is 7.08. The number of benzene rings is 1. The Bertz CT molecular complexity index is 406. The van der Waals surface area contributed by atoms with Gasteiger partial charge < -0.3 is 10.4 Å². The highest BCUT2D eigenvalue weighted by Crippen LogP contribution is 2.34. The van der Waals surface area contributed by atoms with Crippen molar-refractivity contribution in [3.8, 4) is 0 Å². The third-order valence-electron chi connectivity index (χ3n) is 2.66. The predicted molar refractivity (Wildman–Crippen MR) is 59.6 cm³/mol. The monoisotopic (exact) mass is 225 g/mol. The number of rotatable bonds is 3. The van der Waals surface area contributed by atoms with Crippen LogP contribution in [0.15, 0.2) is 18.2 Å². The minimum absolute atomic E-state index is 0.276. The summed E-state index contributed by atoms with van der Waals surface area (Å²) in [5.74, 6) is -0.312. The van der Waals surface area contributed by atoms with E-state index in [0.717, 1.165) is 6.42 Å². The second kappa shape index (κ2) is 3.74. The predicted octanol–water partition coefficient (Wildman–Crippen LogP) is 2.86. The fourth-order valence-corrected chi connectivity index (χ4v) is 1.72. The van der Waals surface area contributed by atoms with Gasteiger partial charge in [0.15, 0.2) is 0 Å². The Morgan fingerprint density at radius 1 is 1.60 bits per heavy atom. The molecular weight excluding hydrogens is 214 g/mol. The third-order valence-corrected chi connectivity index (χ3v) is 2.90. The summed E-state index contributed by atoms with van der Waals surface area (Å²) in [5, 5.41) is 12.7. The normalized spacial score (nSPS) is 23.6. The van der Waals surface area contributed by atoms with E-state index in [-0.39, 0.29) is 5.56 Å². The van der Waals surface area contributed by atoms with E-state index in [1.54, 1.807) is 12.1 Å². The van der Waals surface area contributed by atoms with Crippen LogP contribution in [0.4, 0.5) is 5.69 Å². The summed E-state index contributed by atoms with van der Waals surface area (Å²) in [7, 11) is 0. The Morgan fingerprint density at radius 2 is 2.27 bits per heavy atom. The molecule has 3 nitrogen and oxygen atoms in total. The maximum Gasteiger partial charge on any atom is 0.337 e. The number of carboxylic acids is 1. The first kappa shape index (κ1) is 10.3. The Balaban J connectivity index is 2.26. The van der Waals surface area contributed by atoms with E-state index in [1.165, 1.54) is 6.07 Å². The van der Waals surface area contributed by atoms with Crippen molar-refractivity contribution in [2.24, 2.45) is 5.92 Å². The van der Waals surface area contributed by atoms with Gasteiger partial charge in [-0.2, -0.15) is 0 Å². The Labute approximate surface area is 93.1 Å². The number of halogens is 1. The number of hydrogen-bond donors (Lipinski definition) is 2. The van der Waals surface area contributed by atoms with Gasteiger partial charge in [-0.25, -0.2) is 4.79 Å². The van der Waals surface area contributed by atoms with Gasteiger partial charge in [-0.15, -0.1) is 0 Å². The van der Waals surface area contributed by atoms with E-state index in [1.807, 2.05) is 0 Å². The fourth-order valence-electron chi connectivity index (χ4n) is 1.55. The van der Waals surface area contributed by atoms with Gasteiger partial charge in [0.05, 0.1) is 11.3 Å². The van der Waals surface area contributed by atoms with Gasteiger partial charge in [0.25, 0.3) is 0 Å². The van der Waals surface area contributed by atoms with Crippen molar-refractivity contribution in [3.63, 3.8) is 0 Å². The molecular formula is C11H12ClNO2. The van der Waals surface area contributed by atoms with Crippen molar-refractivity contribution in [1.29, 1.82) is 0 Å². The summed E-state index contributed by atoms with van der Waals surface area (Å²) >= 11 is 5.83. The van der Waals surface area contributed by atoms with Crippen molar-refractivity contribution < 1.29 is 9.90 Å². The van der Waals surface area contributed by atoms with Crippen molar-refractivity contribution in [1.82, 2.24) is 0 Å². The molecule has 1 aliphatic rings. The second-order valence-electron chi connectivity index (χ2n) is 3.96. The van der Waals surface area contributed by atoms with Crippen molar-refractivity contribution >= 4 is 23.3 Å². The molecule has 15 heavy (non-hydrogen) atoms. The van der Waals surface area contributed by atoms with Crippen LogP contribution in [0.25, 0.3) is 0 Å². The molecule has 4 heteroatoms. The molecule has 1 fully saturated rings. The van der Waals surface area contributed by atoms with E-state index < -0.39 is 5.97 Å². The van der Waals surface area contributed by atoms with Crippen LogP contribution in [0, 0.1) is 5.92 Å². The van der Waals surface area contributed by atoms with Gasteiger partial charge in [0.2, 0.25) is 0 Å². The van der Waals surface area contributed by atoms with Crippen LogP contribution in [-0.4, -0.2) is 17.1 Å². The molecule has 1 saturated carbocycles.